The second-order valence-electron chi connectivity index (χ2n) is 4.10. The number of rotatable bonds is 3. The van der Waals surface area contributed by atoms with Gasteiger partial charge in [-0.15, -0.1) is 0 Å². The van der Waals surface area contributed by atoms with Gasteiger partial charge in [-0.2, -0.15) is 4.98 Å². The molecule has 18 heavy (non-hydrogen) atoms. The van der Waals surface area contributed by atoms with Crippen molar-refractivity contribution in [3.8, 4) is 0 Å². The van der Waals surface area contributed by atoms with E-state index in [9.17, 15) is 9.59 Å². The molecule has 1 aliphatic rings. The molecule has 2 heterocycles. The summed E-state index contributed by atoms with van der Waals surface area (Å²) in [5.74, 6) is -0.705. The highest BCUT2D eigenvalue weighted by atomic mass is 16.5. The zero-order valence-corrected chi connectivity index (χ0v) is 10.3. The van der Waals surface area contributed by atoms with Crippen molar-refractivity contribution in [2.24, 2.45) is 5.73 Å². The fourth-order valence-electron chi connectivity index (χ4n) is 1.80. The summed E-state index contributed by atoms with van der Waals surface area (Å²) in [6.45, 7) is 3.93. The summed E-state index contributed by atoms with van der Waals surface area (Å²) >= 11 is 0. The third-order valence-corrected chi connectivity index (χ3v) is 2.63. The van der Waals surface area contributed by atoms with Gasteiger partial charge in [0.25, 0.3) is 0 Å². The van der Waals surface area contributed by atoms with Crippen LogP contribution in [0, 0.1) is 6.92 Å². The van der Waals surface area contributed by atoms with Gasteiger partial charge in [0.15, 0.2) is 0 Å². The minimum absolute atomic E-state index is 0.0279. The van der Waals surface area contributed by atoms with Gasteiger partial charge in [0.1, 0.15) is 0 Å². The van der Waals surface area contributed by atoms with E-state index in [2.05, 4.69) is 4.98 Å². The largest absolute Gasteiger partial charge is 0.460 e. The predicted octanol–water partition coefficient (Wildman–Crippen LogP) is 0.224. The third-order valence-electron chi connectivity index (χ3n) is 2.63. The minimum Gasteiger partial charge on any atom is -0.460 e. The lowest BCUT2D eigenvalue weighted by atomic mass is 10.3. The van der Waals surface area contributed by atoms with Gasteiger partial charge >= 0.3 is 12.0 Å². The first-order valence-electron chi connectivity index (χ1n) is 5.73. The first-order chi connectivity index (χ1) is 8.52. The van der Waals surface area contributed by atoms with Gasteiger partial charge < -0.3 is 14.9 Å². The van der Waals surface area contributed by atoms with E-state index in [0.717, 1.165) is 0 Å². The Hall–Kier alpha value is -1.89. The SMILES string of the molecule is CCOC(=O)c1oc(N2CC(N)CC2=O)nc1C. The summed E-state index contributed by atoms with van der Waals surface area (Å²) in [7, 11) is 0. The second-order valence-corrected chi connectivity index (χ2v) is 4.10. The number of esters is 1. The number of carbonyl (C=O) groups excluding carboxylic acids is 2. The molecule has 7 heteroatoms. The van der Waals surface area contributed by atoms with E-state index in [0.29, 0.717) is 12.2 Å². The summed E-state index contributed by atoms with van der Waals surface area (Å²) in [4.78, 5) is 28.6. The summed E-state index contributed by atoms with van der Waals surface area (Å²) < 4.78 is 10.1. The van der Waals surface area contributed by atoms with Crippen LogP contribution in [0.4, 0.5) is 6.01 Å². The smallest absolute Gasteiger partial charge is 0.376 e. The van der Waals surface area contributed by atoms with Crippen molar-refractivity contribution in [1.29, 1.82) is 0 Å². The number of oxazole rings is 1. The topological polar surface area (TPSA) is 98.7 Å². The molecule has 0 saturated carbocycles. The van der Waals surface area contributed by atoms with E-state index in [4.69, 9.17) is 14.9 Å². The minimum atomic E-state index is -0.579. The van der Waals surface area contributed by atoms with Crippen molar-refractivity contribution in [3.05, 3.63) is 11.5 Å². The highest BCUT2D eigenvalue weighted by Gasteiger charge is 2.32. The molecule has 0 bridgehead atoms. The van der Waals surface area contributed by atoms with E-state index in [1.54, 1.807) is 13.8 Å². The van der Waals surface area contributed by atoms with Gasteiger partial charge in [-0.05, 0) is 13.8 Å². The maximum absolute atomic E-state index is 11.6. The number of carbonyl (C=O) groups is 2. The lowest BCUT2D eigenvalue weighted by Crippen LogP contribution is -2.28. The number of hydrogen-bond acceptors (Lipinski definition) is 6. The molecule has 0 spiro atoms. The lowest BCUT2D eigenvalue weighted by molar-refractivity contribution is -0.117. The van der Waals surface area contributed by atoms with Crippen molar-refractivity contribution >= 4 is 17.9 Å². The van der Waals surface area contributed by atoms with E-state index in [1.165, 1.54) is 4.90 Å². The summed E-state index contributed by atoms with van der Waals surface area (Å²) in [6, 6.07) is -0.121. The predicted molar refractivity (Wildman–Crippen MR) is 62.1 cm³/mol. The summed E-state index contributed by atoms with van der Waals surface area (Å²) in [5, 5.41) is 0. The number of aromatic nitrogens is 1. The van der Waals surface area contributed by atoms with Crippen LogP contribution in [-0.4, -0.2) is 36.1 Å². The van der Waals surface area contributed by atoms with E-state index >= 15 is 0 Å². The third kappa shape index (κ3) is 2.21. The molecule has 1 fully saturated rings. The summed E-state index contributed by atoms with van der Waals surface area (Å²) in [6.07, 6.45) is 0.260. The Morgan fingerprint density at radius 2 is 2.39 bits per heavy atom. The lowest BCUT2D eigenvalue weighted by Gasteiger charge is -2.09. The number of amides is 1. The zero-order chi connectivity index (χ0) is 13.3. The Kier molecular flexibility index (Phi) is 3.33. The molecule has 1 unspecified atom stereocenters. The van der Waals surface area contributed by atoms with Crippen LogP contribution >= 0.6 is 0 Å². The molecule has 0 aromatic carbocycles. The van der Waals surface area contributed by atoms with Crippen molar-refractivity contribution in [2.45, 2.75) is 26.3 Å². The maximum Gasteiger partial charge on any atom is 0.376 e. The van der Waals surface area contributed by atoms with Crippen molar-refractivity contribution in [3.63, 3.8) is 0 Å². The van der Waals surface area contributed by atoms with Crippen LogP contribution in [-0.2, 0) is 9.53 Å². The Labute approximate surface area is 104 Å². The van der Waals surface area contributed by atoms with Gasteiger partial charge in [0.2, 0.25) is 11.7 Å². The van der Waals surface area contributed by atoms with Crippen LogP contribution in [0.15, 0.2) is 4.42 Å². The quantitative estimate of drug-likeness (QED) is 0.774. The molecule has 0 aliphatic carbocycles. The monoisotopic (exact) mass is 253 g/mol. The fourth-order valence-corrected chi connectivity index (χ4v) is 1.80. The van der Waals surface area contributed by atoms with Crippen LogP contribution in [0.25, 0.3) is 0 Å². The van der Waals surface area contributed by atoms with Gasteiger partial charge in [-0.1, -0.05) is 0 Å². The van der Waals surface area contributed by atoms with Gasteiger partial charge in [0.05, 0.1) is 12.3 Å². The fraction of sp³-hybridized carbons (Fsp3) is 0.545. The van der Waals surface area contributed by atoms with Crippen LogP contribution in [0.2, 0.25) is 0 Å². The summed E-state index contributed by atoms with van der Waals surface area (Å²) in [5.41, 5.74) is 6.08. The molecular weight excluding hydrogens is 238 g/mol. The van der Waals surface area contributed by atoms with Gasteiger partial charge in [-0.3, -0.25) is 9.69 Å². The van der Waals surface area contributed by atoms with Gasteiger partial charge in [0, 0.05) is 19.0 Å². The van der Waals surface area contributed by atoms with Gasteiger partial charge in [-0.25, -0.2) is 4.79 Å². The second kappa shape index (κ2) is 4.77. The van der Waals surface area contributed by atoms with Crippen molar-refractivity contribution in [1.82, 2.24) is 4.98 Å². The number of hydrogen-bond donors (Lipinski definition) is 1. The highest BCUT2D eigenvalue weighted by Crippen LogP contribution is 2.23. The van der Waals surface area contributed by atoms with E-state index < -0.39 is 5.97 Å². The molecule has 1 aromatic rings. The first-order valence-corrected chi connectivity index (χ1v) is 5.73. The number of aryl methyl sites for hydroxylation is 1. The molecule has 7 nitrogen and oxygen atoms in total. The molecule has 1 amide bonds. The zero-order valence-electron chi connectivity index (χ0n) is 10.3. The highest BCUT2D eigenvalue weighted by molar-refractivity contribution is 5.95. The van der Waals surface area contributed by atoms with Crippen molar-refractivity contribution in [2.75, 3.05) is 18.1 Å². The number of nitrogens with zero attached hydrogens (tertiary/aromatic N) is 2. The van der Waals surface area contributed by atoms with E-state index in [-0.39, 0.29) is 36.8 Å². The Morgan fingerprint density at radius 3 is 2.94 bits per heavy atom. The molecule has 0 radical (unpaired) electrons. The number of anilines is 1. The standard InChI is InChI=1S/C11H15N3O4/c1-3-17-10(16)9-6(2)13-11(18-9)14-5-7(12)4-8(14)15/h7H,3-5,12H2,1-2H3. The Morgan fingerprint density at radius 1 is 1.67 bits per heavy atom. The van der Waals surface area contributed by atoms with Crippen molar-refractivity contribution < 1.29 is 18.7 Å². The molecule has 2 N–H and O–H groups in total. The van der Waals surface area contributed by atoms with Crippen LogP contribution in [0.3, 0.4) is 0 Å². The molecule has 1 aliphatic heterocycles. The average molecular weight is 253 g/mol. The molecule has 1 atom stereocenters. The van der Waals surface area contributed by atoms with Crippen LogP contribution in [0.1, 0.15) is 29.6 Å². The number of nitrogens with two attached hydrogens (primary N) is 1. The Balaban J connectivity index is 2.23. The first kappa shape index (κ1) is 12.6. The molecule has 1 aromatic heterocycles. The number of ether oxygens (including phenoxy) is 1. The molecule has 2 rings (SSSR count). The molecule has 1 saturated heterocycles. The van der Waals surface area contributed by atoms with Crippen LogP contribution in [0.5, 0.6) is 0 Å². The normalized spacial score (nSPS) is 19.4. The van der Waals surface area contributed by atoms with E-state index in [1.807, 2.05) is 0 Å². The maximum atomic E-state index is 11.6. The van der Waals surface area contributed by atoms with Crippen LogP contribution < -0.4 is 10.6 Å². The molecular formula is C11H15N3O4. The Bertz CT molecular complexity index is 483. The molecule has 98 valence electrons. The average Bonchev–Trinajstić information content (AvgIpc) is 2.82.